The quantitative estimate of drug-likeness (QED) is 0.805. The van der Waals surface area contributed by atoms with E-state index in [4.69, 9.17) is 9.47 Å². The Morgan fingerprint density at radius 1 is 1.29 bits per heavy atom. The summed E-state index contributed by atoms with van der Waals surface area (Å²) < 4.78 is 35.1. The Morgan fingerprint density at radius 2 is 2.00 bits per heavy atom. The molecule has 7 heteroatoms. The second kappa shape index (κ2) is 6.23. The Labute approximate surface area is 109 Å². The van der Waals surface area contributed by atoms with Gasteiger partial charge in [-0.25, -0.2) is 13.1 Å². The summed E-state index contributed by atoms with van der Waals surface area (Å²) in [5.74, 6) is 1.27. The minimum atomic E-state index is -3.29. The van der Waals surface area contributed by atoms with Crippen LogP contribution in [0.25, 0.3) is 0 Å². The Balaban J connectivity index is 2.88. The van der Waals surface area contributed by atoms with Crippen molar-refractivity contribution in [2.24, 2.45) is 0 Å². The molecule has 0 heterocycles. The van der Waals surface area contributed by atoms with Gasteiger partial charge in [-0.15, -0.1) is 0 Å². The first-order chi connectivity index (χ1) is 8.02. The highest BCUT2D eigenvalue weighted by Gasteiger charge is 2.10. The summed E-state index contributed by atoms with van der Waals surface area (Å²) >= 11 is 2.90. The first-order valence-electron chi connectivity index (χ1n) is 4.76. The number of methoxy groups -OCH3 is 2. The minimum Gasteiger partial charge on any atom is -0.497 e. The number of sulfonamides is 1. The molecule has 0 aliphatic heterocycles. The van der Waals surface area contributed by atoms with E-state index in [9.17, 15) is 8.42 Å². The number of hydrogen-bond donors (Lipinski definition) is 1. The maximum absolute atomic E-state index is 11.3. The van der Waals surface area contributed by atoms with Gasteiger partial charge >= 0.3 is 0 Å². The first-order valence-corrected chi connectivity index (χ1v) is 7.54. The Kier molecular flexibility index (Phi) is 5.23. The predicted molar refractivity (Wildman–Crippen MR) is 69.1 cm³/mol. The van der Waals surface area contributed by atoms with E-state index in [2.05, 4.69) is 20.7 Å². The lowest BCUT2D eigenvalue weighted by molar-refractivity contribution is 0.398. The van der Waals surface area contributed by atoms with Crippen molar-refractivity contribution >= 4 is 26.0 Å². The third-order valence-electron chi connectivity index (χ3n) is 2.11. The monoisotopic (exact) mass is 323 g/mol. The van der Waals surface area contributed by atoms with Crippen LogP contribution in [0.5, 0.6) is 11.5 Å². The van der Waals surface area contributed by atoms with Gasteiger partial charge in [0.25, 0.3) is 0 Å². The number of halogens is 1. The van der Waals surface area contributed by atoms with Crippen LogP contribution in [0.4, 0.5) is 0 Å². The number of rotatable bonds is 6. The maximum atomic E-state index is 11.3. The van der Waals surface area contributed by atoms with E-state index in [1.807, 2.05) is 0 Å². The van der Waals surface area contributed by atoms with Crippen molar-refractivity contribution in [3.8, 4) is 11.5 Å². The molecular formula is C10H14BrNO4S. The molecule has 1 rings (SSSR count). The second-order valence-corrected chi connectivity index (χ2v) is 6.33. The van der Waals surface area contributed by atoms with E-state index in [0.29, 0.717) is 11.5 Å². The van der Waals surface area contributed by atoms with Gasteiger partial charge < -0.3 is 9.47 Å². The van der Waals surface area contributed by atoms with E-state index in [1.54, 1.807) is 25.3 Å². The summed E-state index contributed by atoms with van der Waals surface area (Å²) in [6, 6.07) is 5.22. The van der Waals surface area contributed by atoms with Crippen LogP contribution < -0.4 is 14.2 Å². The molecule has 0 spiro atoms. The van der Waals surface area contributed by atoms with Gasteiger partial charge in [0.1, 0.15) is 16.2 Å². The molecule has 0 fully saturated rings. The second-order valence-electron chi connectivity index (χ2n) is 3.22. The largest absolute Gasteiger partial charge is 0.497 e. The molecule has 0 unspecified atom stereocenters. The van der Waals surface area contributed by atoms with Crippen LogP contribution in [0.15, 0.2) is 18.2 Å². The van der Waals surface area contributed by atoms with Crippen LogP contribution in [0.3, 0.4) is 0 Å². The van der Waals surface area contributed by atoms with Crippen LogP contribution in [0.2, 0.25) is 0 Å². The molecule has 1 aromatic carbocycles. The van der Waals surface area contributed by atoms with Crippen molar-refractivity contribution in [3.63, 3.8) is 0 Å². The Hall–Kier alpha value is -0.790. The molecule has 0 bridgehead atoms. The molecule has 0 saturated heterocycles. The first kappa shape index (κ1) is 14.3. The Morgan fingerprint density at radius 3 is 2.53 bits per heavy atom. The molecular weight excluding hydrogens is 310 g/mol. The lowest BCUT2D eigenvalue weighted by Crippen LogP contribution is -2.24. The Bertz CT molecular complexity index is 475. The molecule has 17 heavy (non-hydrogen) atoms. The predicted octanol–water partition coefficient (Wildman–Crippen LogP) is 1.48. The third kappa shape index (κ3) is 4.18. The van der Waals surface area contributed by atoms with Gasteiger partial charge in [-0.1, -0.05) is 15.9 Å². The highest BCUT2D eigenvalue weighted by Crippen LogP contribution is 2.23. The average Bonchev–Trinajstić information content (AvgIpc) is 2.36. The summed E-state index contributed by atoms with van der Waals surface area (Å²) in [7, 11) is -0.210. The van der Waals surface area contributed by atoms with Gasteiger partial charge in [-0.05, 0) is 18.2 Å². The van der Waals surface area contributed by atoms with Gasteiger partial charge in [0.2, 0.25) is 10.0 Å². The van der Waals surface area contributed by atoms with E-state index in [1.165, 1.54) is 7.11 Å². The number of benzene rings is 1. The number of nitrogens with one attached hydrogen (secondary N) is 1. The van der Waals surface area contributed by atoms with Crippen molar-refractivity contribution in [1.82, 2.24) is 4.72 Å². The molecule has 0 saturated carbocycles. The molecule has 0 radical (unpaired) electrons. The van der Waals surface area contributed by atoms with Crippen molar-refractivity contribution in [2.45, 2.75) is 6.54 Å². The van der Waals surface area contributed by atoms with E-state index >= 15 is 0 Å². The molecule has 5 nitrogen and oxygen atoms in total. The molecule has 0 atom stereocenters. The topological polar surface area (TPSA) is 64.6 Å². The summed E-state index contributed by atoms with van der Waals surface area (Å²) in [4.78, 5) is 0. The summed E-state index contributed by atoms with van der Waals surface area (Å²) in [5.41, 5.74) is 0.719. The highest BCUT2D eigenvalue weighted by atomic mass is 79.9. The van der Waals surface area contributed by atoms with Gasteiger partial charge in [0.05, 0.1) is 14.2 Å². The third-order valence-corrected chi connectivity index (χ3v) is 4.79. The summed E-state index contributed by atoms with van der Waals surface area (Å²) in [6.45, 7) is 0.161. The van der Waals surface area contributed by atoms with Crippen molar-refractivity contribution in [2.75, 3.05) is 18.9 Å². The van der Waals surface area contributed by atoms with Crippen LogP contribution in [-0.4, -0.2) is 27.3 Å². The fourth-order valence-corrected chi connectivity index (χ4v) is 2.18. The number of hydrogen-bond acceptors (Lipinski definition) is 4. The van der Waals surface area contributed by atoms with Crippen molar-refractivity contribution in [3.05, 3.63) is 23.8 Å². The van der Waals surface area contributed by atoms with E-state index in [0.717, 1.165) is 5.56 Å². The van der Waals surface area contributed by atoms with Gasteiger partial charge in [-0.3, -0.25) is 0 Å². The zero-order chi connectivity index (χ0) is 12.9. The molecule has 0 amide bonds. The molecule has 0 aliphatic carbocycles. The molecule has 1 aromatic rings. The van der Waals surface area contributed by atoms with Gasteiger partial charge in [-0.2, -0.15) is 0 Å². The van der Waals surface area contributed by atoms with Gasteiger partial charge in [0.15, 0.2) is 0 Å². The highest BCUT2D eigenvalue weighted by molar-refractivity contribution is 9.10. The zero-order valence-electron chi connectivity index (χ0n) is 9.57. The standard InChI is InChI=1S/C10H14BrNO4S/c1-15-9-3-4-10(16-2)8(5-9)6-12-17(13,14)7-11/h3-5,12H,6-7H2,1-2H3. The van der Waals surface area contributed by atoms with Crippen LogP contribution in [0, 0.1) is 0 Å². The fraction of sp³-hybridized carbons (Fsp3) is 0.400. The molecule has 1 N–H and O–H groups in total. The fourth-order valence-electron chi connectivity index (χ4n) is 1.25. The van der Waals surface area contributed by atoms with Crippen LogP contribution in [0.1, 0.15) is 5.56 Å². The lowest BCUT2D eigenvalue weighted by Gasteiger charge is -2.10. The SMILES string of the molecule is COc1ccc(OC)c(CNS(=O)(=O)CBr)c1. The molecule has 0 aliphatic rings. The summed E-state index contributed by atoms with van der Waals surface area (Å²) in [5, 5.41) is 0. The number of ether oxygens (including phenoxy) is 2. The number of alkyl halides is 1. The lowest BCUT2D eigenvalue weighted by atomic mass is 10.2. The average molecular weight is 324 g/mol. The van der Waals surface area contributed by atoms with Crippen LogP contribution >= 0.6 is 15.9 Å². The molecule has 96 valence electrons. The van der Waals surface area contributed by atoms with E-state index < -0.39 is 10.0 Å². The van der Waals surface area contributed by atoms with Crippen molar-refractivity contribution in [1.29, 1.82) is 0 Å². The summed E-state index contributed by atoms with van der Waals surface area (Å²) in [6.07, 6.45) is 0. The maximum Gasteiger partial charge on any atom is 0.221 e. The molecule has 0 aromatic heterocycles. The smallest absolute Gasteiger partial charge is 0.221 e. The van der Waals surface area contributed by atoms with Crippen LogP contribution in [-0.2, 0) is 16.6 Å². The van der Waals surface area contributed by atoms with E-state index in [-0.39, 0.29) is 11.2 Å². The normalized spacial score (nSPS) is 11.2. The van der Waals surface area contributed by atoms with Gasteiger partial charge in [0, 0.05) is 12.1 Å². The minimum absolute atomic E-state index is 0.133. The zero-order valence-corrected chi connectivity index (χ0v) is 12.0. The van der Waals surface area contributed by atoms with Crippen molar-refractivity contribution < 1.29 is 17.9 Å².